The zero-order valence-electron chi connectivity index (χ0n) is 9.00. The van der Waals surface area contributed by atoms with Crippen LogP contribution in [0.5, 0.6) is 0 Å². The van der Waals surface area contributed by atoms with Gasteiger partial charge < -0.3 is 10.6 Å². The number of hydrogen-bond donors (Lipinski definition) is 2. The first kappa shape index (κ1) is 11.7. The molecular formula is C10H16N2O3. The fourth-order valence-corrected chi connectivity index (χ4v) is 1.75. The highest BCUT2D eigenvalue weighted by molar-refractivity contribution is 6.36. The van der Waals surface area contributed by atoms with Gasteiger partial charge in [0.05, 0.1) is 0 Å². The number of carbonyl (C=O) groups is 3. The molecule has 2 amide bonds. The summed E-state index contributed by atoms with van der Waals surface area (Å²) in [5.74, 6) is -1.54. The van der Waals surface area contributed by atoms with E-state index in [1.165, 1.54) is 7.05 Å². The molecule has 15 heavy (non-hydrogen) atoms. The number of amides is 2. The molecule has 1 rings (SSSR count). The Morgan fingerprint density at radius 1 is 1.60 bits per heavy atom. The largest absolute Gasteiger partial charge is 0.356 e. The van der Waals surface area contributed by atoms with Crippen molar-refractivity contribution in [3.63, 3.8) is 0 Å². The predicted molar refractivity (Wildman–Crippen MR) is 54.0 cm³/mol. The van der Waals surface area contributed by atoms with Crippen molar-refractivity contribution in [1.29, 1.82) is 0 Å². The van der Waals surface area contributed by atoms with Crippen molar-refractivity contribution in [2.45, 2.75) is 19.8 Å². The number of carbonyl (C=O) groups excluding carboxylic acids is 3. The van der Waals surface area contributed by atoms with Crippen LogP contribution in [-0.2, 0) is 14.4 Å². The van der Waals surface area contributed by atoms with Gasteiger partial charge in [-0.1, -0.05) is 6.92 Å². The van der Waals surface area contributed by atoms with E-state index >= 15 is 0 Å². The van der Waals surface area contributed by atoms with E-state index < -0.39 is 17.6 Å². The van der Waals surface area contributed by atoms with Gasteiger partial charge in [0.1, 0.15) is 0 Å². The third-order valence-corrected chi connectivity index (χ3v) is 2.70. The standard InChI is InChI=1S/C10H16N2O3/c1-6(8(13)10(15)11-2)5-7-3-4-12-9(7)14/h6-7H,3-5H2,1-2H3,(H,11,15)(H,12,14)/t6-,7-/m0/s1. The summed E-state index contributed by atoms with van der Waals surface area (Å²) in [6, 6.07) is 0. The molecule has 1 saturated heterocycles. The Bertz CT molecular complexity index is 288. The van der Waals surface area contributed by atoms with Crippen LogP contribution in [-0.4, -0.2) is 31.2 Å². The van der Waals surface area contributed by atoms with Crippen LogP contribution in [0, 0.1) is 11.8 Å². The molecule has 0 aromatic heterocycles. The minimum absolute atomic E-state index is 0.00782. The van der Waals surface area contributed by atoms with Crippen LogP contribution >= 0.6 is 0 Å². The second kappa shape index (κ2) is 4.91. The summed E-state index contributed by atoms with van der Waals surface area (Å²) in [7, 11) is 1.43. The average molecular weight is 212 g/mol. The number of rotatable bonds is 4. The van der Waals surface area contributed by atoms with Gasteiger partial charge >= 0.3 is 0 Å². The average Bonchev–Trinajstić information content (AvgIpc) is 2.62. The summed E-state index contributed by atoms with van der Waals surface area (Å²) >= 11 is 0. The number of Topliss-reactive ketones (excluding diaryl/α,β-unsaturated/α-hetero) is 1. The maximum absolute atomic E-state index is 11.4. The molecule has 2 atom stereocenters. The van der Waals surface area contributed by atoms with Gasteiger partial charge in [-0.3, -0.25) is 14.4 Å². The predicted octanol–water partition coefficient (Wildman–Crippen LogP) is -0.536. The van der Waals surface area contributed by atoms with E-state index in [2.05, 4.69) is 10.6 Å². The maximum atomic E-state index is 11.4. The Morgan fingerprint density at radius 2 is 2.27 bits per heavy atom. The monoisotopic (exact) mass is 212 g/mol. The quantitative estimate of drug-likeness (QED) is 0.615. The van der Waals surface area contributed by atoms with E-state index in [0.29, 0.717) is 13.0 Å². The van der Waals surface area contributed by atoms with E-state index in [-0.39, 0.29) is 11.8 Å². The topological polar surface area (TPSA) is 75.3 Å². The summed E-state index contributed by atoms with van der Waals surface area (Å²) in [5, 5.41) is 5.00. The molecule has 1 heterocycles. The molecule has 5 heteroatoms. The number of likely N-dealkylation sites (N-methyl/N-ethyl adjacent to an activating group) is 1. The fourth-order valence-electron chi connectivity index (χ4n) is 1.75. The number of ketones is 1. The lowest BCUT2D eigenvalue weighted by atomic mass is 9.91. The van der Waals surface area contributed by atoms with Gasteiger partial charge in [0.25, 0.3) is 5.91 Å². The first-order chi connectivity index (χ1) is 7.06. The van der Waals surface area contributed by atoms with Gasteiger partial charge in [0.2, 0.25) is 11.7 Å². The van der Waals surface area contributed by atoms with Crippen molar-refractivity contribution in [2.24, 2.45) is 11.8 Å². The van der Waals surface area contributed by atoms with E-state index in [9.17, 15) is 14.4 Å². The first-order valence-corrected chi connectivity index (χ1v) is 5.10. The third-order valence-electron chi connectivity index (χ3n) is 2.70. The molecule has 0 saturated carbocycles. The number of hydrogen-bond acceptors (Lipinski definition) is 3. The zero-order valence-corrected chi connectivity index (χ0v) is 9.00. The lowest BCUT2D eigenvalue weighted by molar-refractivity contribution is -0.140. The molecule has 0 aromatic rings. The zero-order chi connectivity index (χ0) is 11.4. The SMILES string of the molecule is CNC(=O)C(=O)[C@@H](C)C[C@@H]1CCNC1=O. The lowest BCUT2D eigenvalue weighted by Gasteiger charge is -2.12. The molecular weight excluding hydrogens is 196 g/mol. The Hall–Kier alpha value is -1.39. The van der Waals surface area contributed by atoms with E-state index in [4.69, 9.17) is 0 Å². The third kappa shape index (κ3) is 2.78. The molecule has 5 nitrogen and oxygen atoms in total. The molecule has 0 bridgehead atoms. The fraction of sp³-hybridized carbons (Fsp3) is 0.700. The van der Waals surface area contributed by atoms with Crippen LogP contribution < -0.4 is 10.6 Å². The van der Waals surface area contributed by atoms with Gasteiger partial charge in [-0.25, -0.2) is 0 Å². The second-order valence-electron chi connectivity index (χ2n) is 3.86. The highest BCUT2D eigenvalue weighted by atomic mass is 16.2. The van der Waals surface area contributed by atoms with Gasteiger partial charge in [-0.2, -0.15) is 0 Å². The Balaban J connectivity index is 2.47. The van der Waals surface area contributed by atoms with Crippen LogP contribution in [0.4, 0.5) is 0 Å². The van der Waals surface area contributed by atoms with Gasteiger partial charge in [0.15, 0.2) is 0 Å². The molecule has 0 spiro atoms. The van der Waals surface area contributed by atoms with Crippen molar-refractivity contribution in [2.75, 3.05) is 13.6 Å². The van der Waals surface area contributed by atoms with Crippen molar-refractivity contribution >= 4 is 17.6 Å². The van der Waals surface area contributed by atoms with Crippen LogP contribution in [0.1, 0.15) is 19.8 Å². The molecule has 0 aromatic carbocycles. The van der Waals surface area contributed by atoms with Crippen LogP contribution in [0.25, 0.3) is 0 Å². The summed E-state index contributed by atoms with van der Waals surface area (Å²) in [6.07, 6.45) is 1.21. The summed E-state index contributed by atoms with van der Waals surface area (Å²) in [4.78, 5) is 33.7. The Labute approximate surface area is 88.6 Å². The lowest BCUT2D eigenvalue weighted by Crippen LogP contribution is -2.33. The molecule has 0 unspecified atom stereocenters. The van der Waals surface area contributed by atoms with Crippen molar-refractivity contribution in [3.05, 3.63) is 0 Å². The first-order valence-electron chi connectivity index (χ1n) is 5.10. The van der Waals surface area contributed by atoms with Crippen molar-refractivity contribution < 1.29 is 14.4 Å². The van der Waals surface area contributed by atoms with Crippen molar-refractivity contribution in [3.8, 4) is 0 Å². The van der Waals surface area contributed by atoms with E-state index in [0.717, 1.165) is 6.42 Å². The van der Waals surface area contributed by atoms with Crippen LogP contribution in [0.15, 0.2) is 0 Å². The van der Waals surface area contributed by atoms with Crippen LogP contribution in [0.2, 0.25) is 0 Å². The van der Waals surface area contributed by atoms with Crippen molar-refractivity contribution in [1.82, 2.24) is 10.6 Å². The summed E-state index contributed by atoms with van der Waals surface area (Å²) in [5.41, 5.74) is 0. The molecule has 1 aliphatic heterocycles. The molecule has 1 aliphatic rings. The Morgan fingerprint density at radius 3 is 2.73 bits per heavy atom. The molecule has 84 valence electrons. The molecule has 1 fully saturated rings. The smallest absolute Gasteiger partial charge is 0.287 e. The van der Waals surface area contributed by atoms with Gasteiger partial charge in [-0.15, -0.1) is 0 Å². The summed E-state index contributed by atoms with van der Waals surface area (Å²) < 4.78 is 0. The second-order valence-corrected chi connectivity index (χ2v) is 3.86. The highest BCUT2D eigenvalue weighted by Crippen LogP contribution is 2.19. The van der Waals surface area contributed by atoms with E-state index in [1.807, 2.05) is 0 Å². The number of nitrogens with one attached hydrogen (secondary N) is 2. The van der Waals surface area contributed by atoms with Crippen LogP contribution in [0.3, 0.4) is 0 Å². The molecule has 0 radical (unpaired) electrons. The normalized spacial score (nSPS) is 22.0. The minimum atomic E-state index is -0.582. The Kier molecular flexibility index (Phi) is 3.82. The van der Waals surface area contributed by atoms with E-state index in [1.54, 1.807) is 6.92 Å². The van der Waals surface area contributed by atoms with Gasteiger partial charge in [-0.05, 0) is 12.8 Å². The molecule has 2 N–H and O–H groups in total. The van der Waals surface area contributed by atoms with Gasteiger partial charge in [0, 0.05) is 25.4 Å². The maximum Gasteiger partial charge on any atom is 0.287 e. The highest BCUT2D eigenvalue weighted by Gasteiger charge is 2.29. The summed E-state index contributed by atoms with van der Waals surface area (Å²) in [6.45, 7) is 2.35. The minimum Gasteiger partial charge on any atom is -0.356 e. The molecule has 0 aliphatic carbocycles.